The Morgan fingerprint density at radius 3 is 2.58 bits per heavy atom. The third-order valence-corrected chi connectivity index (χ3v) is 6.67. The van der Waals surface area contributed by atoms with Crippen molar-refractivity contribution in [3.05, 3.63) is 74.7 Å². The largest absolute Gasteiger partial charge is 0.481 e. The lowest BCUT2D eigenvalue weighted by molar-refractivity contribution is -0.142. The maximum Gasteiger partial charge on any atom is 0.435 e. The molecule has 38 heavy (non-hydrogen) atoms. The van der Waals surface area contributed by atoms with Crippen LogP contribution in [0.2, 0.25) is 10.0 Å². The van der Waals surface area contributed by atoms with Crippen molar-refractivity contribution in [1.82, 2.24) is 19.7 Å². The van der Waals surface area contributed by atoms with Crippen LogP contribution in [0, 0.1) is 0 Å². The molecule has 3 aromatic rings. The van der Waals surface area contributed by atoms with Gasteiger partial charge in [-0.2, -0.15) is 18.3 Å². The standard InChI is InChI=1S/C25H24Cl2F3N5O3/c1-34(20(12-21(36)37)15-9-16(26)11-17(27)10-15)24(38)19-13-35(33-22(19)25(28,29)30)8-6-18-5-4-14-3-2-7-31-23(14)32-18/h4-5,9-11,13,20H,2-3,6-8,12H2,1H3,(H,31,32)(H,36,37)/t20-/m0/s1. The summed E-state index contributed by atoms with van der Waals surface area (Å²) in [5, 5.41) is 16.7. The highest BCUT2D eigenvalue weighted by atomic mass is 35.5. The van der Waals surface area contributed by atoms with E-state index in [2.05, 4.69) is 15.4 Å². The number of nitrogens with zero attached hydrogens (tertiary/aromatic N) is 4. The first kappa shape index (κ1) is 27.7. The molecule has 8 nitrogen and oxygen atoms in total. The molecule has 1 atom stereocenters. The number of anilines is 1. The number of alkyl halides is 3. The highest BCUT2D eigenvalue weighted by Gasteiger charge is 2.41. The molecule has 0 saturated carbocycles. The molecule has 2 aromatic heterocycles. The number of fused-ring (bicyclic) bond motifs is 1. The van der Waals surface area contributed by atoms with E-state index in [0.29, 0.717) is 12.1 Å². The molecule has 1 aliphatic heterocycles. The first-order valence-electron chi connectivity index (χ1n) is 11.7. The van der Waals surface area contributed by atoms with Crippen LogP contribution in [0.3, 0.4) is 0 Å². The van der Waals surface area contributed by atoms with Crippen molar-refractivity contribution in [3.63, 3.8) is 0 Å². The SMILES string of the molecule is CN(C(=O)c1cn(CCc2ccc3c(n2)NCCC3)nc1C(F)(F)F)[C@@H](CC(=O)O)c1cc(Cl)cc(Cl)c1. The summed E-state index contributed by atoms with van der Waals surface area (Å²) >= 11 is 12.1. The second-order valence-corrected chi connectivity index (χ2v) is 9.85. The van der Waals surface area contributed by atoms with Crippen LogP contribution in [0.5, 0.6) is 0 Å². The maximum atomic E-state index is 13.9. The second-order valence-electron chi connectivity index (χ2n) is 8.98. The minimum atomic E-state index is -4.91. The van der Waals surface area contributed by atoms with Crippen LogP contribution < -0.4 is 5.32 Å². The topological polar surface area (TPSA) is 100 Å². The van der Waals surface area contributed by atoms with Gasteiger partial charge in [-0.3, -0.25) is 14.3 Å². The van der Waals surface area contributed by atoms with E-state index in [-0.39, 0.29) is 22.2 Å². The molecule has 1 aliphatic rings. The third kappa shape index (κ3) is 6.39. The Balaban J connectivity index is 1.60. The number of pyridine rings is 1. The fourth-order valence-electron chi connectivity index (χ4n) is 4.38. The van der Waals surface area contributed by atoms with Gasteiger partial charge in [0.15, 0.2) is 5.69 Å². The molecule has 0 saturated heterocycles. The van der Waals surface area contributed by atoms with Crippen LogP contribution in [0.4, 0.5) is 19.0 Å². The molecule has 0 radical (unpaired) electrons. The maximum absolute atomic E-state index is 13.9. The molecule has 0 unspecified atom stereocenters. The van der Waals surface area contributed by atoms with Gasteiger partial charge in [-0.25, -0.2) is 4.98 Å². The number of halogens is 5. The average molecular weight is 570 g/mol. The first-order chi connectivity index (χ1) is 17.9. The number of hydrogen-bond donors (Lipinski definition) is 2. The fraction of sp³-hybridized carbons (Fsp3) is 0.360. The van der Waals surface area contributed by atoms with E-state index >= 15 is 0 Å². The molecule has 0 fully saturated rings. The Labute approximate surface area is 226 Å². The Hall–Kier alpha value is -3.31. The van der Waals surface area contributed by atoms with Crippen LogP contribution in [0.15, 0.2) is 36.5 Å². The molecule has 1 amide bonds. The predicted molar refractivity (Wildman–Crippen MR) is 136 cm³/mol. The summed E-state index contributed by atoms with van der Waals surface area (Å²) in [6, 6.07) is 6.90. The molecule has 202 valence electrons. The van der Waals surface area contributed by atoms with Crippen molar-refractivity contribution in [3.8, 4) is 0 Å². The van der Waals surface area contributed by atoms with Crippen molar-refractivity contribution in [2.45, 2.75) is 44.4 Å². The minimum absolute atomic E-state index is 0.0499. The number of carboxylic acids is 1. The monoisotopic (exact) mass is 569 g/mol. The lowest BCUT2D eigenvalue weighted by Gasteiger charge is -2.28. The van der Waals surface area contributed by atoms with Gasteiger partial charge in [0.25, 0.3) is 5.91 Å². The molecule has 1 aromatic carbocycles. The molecule has 2 N–H and O–H groups in total. The van der Waals surface area contributed by atoms with Crippen LogP contribution in [0.25, 0.3) is 0 Å². The van der Waals surface area contributed by atoms with Crippen molar-refractivity contribution in [2.24, 2.45) is 0 Å². The molecule has 0 spiro atoms. The zero-order chi connectivity index (χ0) is 27.6. The number of amides is 1. The van der Waals surface area contributed by atoms with Crippen molar-refractivity contribution in [1.29, 1.82) is 0 Å². The summed E-state index contributed by atoms with van der Waals surface area (Å²) < 4.78 is 42.7. The van der Waals surface area contributed by atoms with Gasteiger partial charge in [0.1, 0.15) is 5.82 Å². The summed E-state index contributed by atoms with van der Waals surface area (Å²) in [7, 11) is 1.23. The average Bonchev–Trinajstić information content (AvgIpc) is 3.29. The van der Waals surface area contributed by atoms with E-state index in [0.717, 1.165) is 46.5 Å². The highest BCUT2D eigenvalue weighted by Crippen LogP contribution is 2.34. The van der Waals surface area contributed by atoms with Gasteiger partial charge >= 0.3 is 12.1 Å². The quantitative estimate of drug-likeness (QED) is 0.372. The van der Waals surface area contributed by atoms with Crippen LogP contribution in [0.1, 0.15) is 51.8 Å². The van der Waals surface area contributed by atoms with Gasteiger partial charge in [0, 0.05) is 48.5 Å². The van der Waals surface area contributed by atoms with Gasteiger partial charge in [-0.05, 0) is 48.2 Å². The van der Waals surface area contributed by atoms with E-state index < -0.39 is 41.8 Å². The molecule has 0 bridgehead atoms. The molecule has 0 aliphatic carbocycles. The number of carbonyl (C=O) groups is 2. The number of aromatic nitrogens is 3. The Bertz CT molecular complexity index is 1340. The summed E-state index contributed by atoms with van der Waals surface area (Å²) in [4.78, 5) is 30.3. The Morgan fingerprint density at radius 1 is 1.21 bits per heavy atom. The number of benzene rings is 1. The van der Waals surface area contributed by atoms with E-state index in [4.69, 9.17) is 23.2 Å². The zero-order valence-electron chi connectivity index (χ0n) is 20.2. The number of rotatable bonds is 8. The summed E-state index contributed by atoms with van der Waals surface area (Å²) in [6.07, 6.45) is -2.25. The van der Waals surface area contributed by atoms with Crippen LogP contribution in [-0.4, -0.2) is 50.2 Å². The summed E-state index contributed by atoms with van der Waals surface area (Å²) in [5.41, 5.74) is -0.0113. The number of carboxylic acid groups (broad SMARTS) is 1. The molecular weight excluding hydrogens is 546 g/mol. The summed E-state index contributed by atoms with van der Waals surface area (Å²) in [5.74, 6) is -1.53. The van der Waals surface area contributed by atoms with Gasteiger partial charge in [-0.1, -0.05) is 29.3 Å². The van der Waals surface area contributed by atoms with Crippen molar-refractivity contribution in [2.75, 3.05) is 18.9 Å². The van der Waals surface area contributed by atoms with E-state index in [1.165, 1.54) is 25.2 Å². The number of nitrogens with one attached hydrogen (secondary N) is 1. The van der Waals surface area contributed by atoms with Gasteiger partial charge < -0.3 is 15.3 Å². The molecule has 4 rings (SSSR count). The minimum Gasteiger partial charge on any atom is -0.481 e. The van der Waals surface area contributed by atoms with E-state index in [1.54, 1.807) is 0 Å². The number of aryl methyl sites for hydroxylation is 3. The van der Waals surface area contributed by atoms with E-state index in [1.807, 2.05) is 12.1 Å². The normalized spacial score (nSPS) is 13.9. The lowest BCUT2D eigenvalue weighted by Crippen LogP contribution is -2.33. The van der Waals surface area contributed by atoms with Crippen LogP contribution in [-0.2, 0) is 30.4 Å². The lowest BCUT2D eigenvalue weighted by atomic mass is 10.0. The first-order valence-corrected chi connectivity index (χ1v) is 12.5. The fourth-order valence-corrected chi connectivity index (χ4v) is 4.92. The number of aliphatic carboxylic acids is 1. The molecule has 13 heteroatoms. The Morgan fingerprint density at radius 2 is 1.92 bits per heavy atom. The van der Waals surface area contributed by atoms with E-state index in [9.17, 15) is 27.9 Å². The molecular formula is C25H24Cl2F3N5O3. The van der Waals surface area contributed by atoms with Gasteiger partial charge in [0.2, 0.25) is 0 Å². The number of carbonyl (C=O) groups excluding carboxylic acids is 1. The van der Waals surface area contributed by atoms with Gasteiger partial charge in [0.05, 0.1) is 18.0 Å². The van der Waals surface area contributed by atoms with Crippen LogP contribution >= 0.6 is 23.2 Å². The van der Waals surface area contributed by atoms with Crippen molar-refractivity contribution >= 4 is 40.9 Å². The molecule has 3 heterocycles. The highest BCUT2D eigenvalue weighted by molar-refractivity contribution is 6.34. The van der Waals surface area contributed by atoms with Gasteiger partial charge in [-0.15, -0.1) is 0 Å². The second kappa shape index (κ2) is 11.2. The smallest absolute Gasteiger partial charge is 0.435 e. The number of hydrogen-bond acceptors (Lipinski definition) is 5. The Kier molecular flexibility index (Phi) is 8.17. The predicted octanol–water partition coefficient (Wildman–Crippen LogP) is 5.49. The van der Waals surface area contributed by atoms with Crippen molar-refractivity contribution < 1.29 is 27.9 Å². The third-order valence-electron chi connectivity index (χ3n) is 6.23. The zero-order valence-corrected chi connectivity index (χ0v) is 21.7. The summed E-state index contributed by atoms with van der Waals surface area (Å²) in [6.45, 7) is 0.856.